The molecule has 1 N–H and O–H groups in total. The van der Waals surface area contributed by atoms with Crippen molar-refractivity contribution in [1.29, 1.82) is 0 Å². The fraction of sp³-hybridized carbons (Fsp3) is 0.900. The molecule has 0 aromatic rings. The highest BCUT2D eigenvalue weighted by Crippen LogP contribution is 2.17. The maximum atomic E-state index is 11.6. The summed E-state index contributed by atoms with van der Waals surface area (Å²) < 4.78 is 0. The van der Waals surface area contributed by atoms with Crippen LogP contribution in [-0.2, 0) is 0 Å². The summed E-state index contributed by atoms with van der Waals surface area (Å²) >= 11 is 3.36. The quantitative estimate of drug-likeness (QED) is 0.776. The first-order valence-electron chi connectivity index (χ1n) is 5.31. The predicted molar refractivity (Wildman–Crippen MR) is 61.8 cm³/mol. The second-order valence-corrected chi connectivity index (χ2v) is 4.69. The SMILES string of the molecule is CN(CCCBr)C(=O)NC1CCCC1. The predicted octanol–water partition coefficient (Wildman–Crippen LogP) is 2.36. The number of urea groups is 1. The Hall–Kier alpha value is -0.250. The Bertz CT molecular complexity index is 181. The van der Waals surface area contributed by atoms with Crippen LogP contribution in [-0.4, -0.2) is 35.9 Å². The van der Waals surface area contributed by atoms with Gasteiger partial charge in [0.15, 0.2) is 0 Å². The number of halogens is 1. The molecule has 0 aliphatic heterocycles. The zero-order valence-corrected chi connectivity index (χ0v) is 10.3. The highest BCUT2D eigenvalue weighted by molar-refractivity contribution is 9.09. The van der Waals surface area contributed by atoms with Crippen molar-refractivity contribution in [3.63, 3.8) is 0 Å². The second kappa shape index (κ2) is 6.27. The van der Waals surface area contributed by atoms with Gasteiger partial charge in [-0.05, 0) is 19.3 Å². The standard InChI is InChI=1S/C10H19BrN2O/c1-13(8-4-7-11)10(14)12-9-5-2-3-6-9/h9H,2-8H2,1H3,(H,12,14). The third-order valence-electron chi connectivity index (χ3n) is 2.66. The van der Waals surface area contributed by atoms with E-state index in [0.29, 0.717) is 6.04 Å². The molecular weight excluding hydrogens is 244 g/mol. The van der Waals surface area contributed by atoms with E-state index < -0.39 is 0 Å². The van der Waals surface area contributed by atoms with E-state index in [2.05, 4.69) is 21.2 Å². The van der Waals surface area contributed by atoms with Gasteiger partial charge in [-0.2, -0.15) is 0 Å². The molecule has 1 aliphatic rings. The van der Waals surface area contributed by atoms with Gasteiger partial charge in [0.05, 0.1) is 0 Å². The Morgan fingerprint density at radius 2 is 2.14 bits per heavy atom. The molecule has 0 heterocycles. The maximum Gasteiger partial charge on any atom is 0.317 e. The summed E-state index contributed by atoms with van der Waals surface area (Å²) in [7, 11) is 1.85. The molecule has 4 heteroatoms. The maximum absolute atomic E-state index is 11.6. The molecule has 0 unspecified atom stereocenters. The highest BCUT2D eigenvalue weighted by Gasteiger charge is 2.18. The Balaban J connectivity index is 2.18. The van der Waals surface area contributed by atoms with E-state index in [0.717, 1.165) is 31.1 Å². The Kier molecular flexibility index (Phi) is 5.30. The van der Waals surface area contributed by atoms with E-state index in [1.807, 2.05) is 7.05 Å². The molecule has 0 aromatic carbocycles. The normalized spacial score (nSPS) is 17.0. The molecule has 0 atom stereocenters. The molecule has 0 radical (unpaired) electrons. The number of rotatable bonds is 4. The van der Waals surface area contributed by atoms with Gasteiger partial charge in [0.2, 0.25) is 0 Å². The first kappa shape index (κ1) is 11.8. The minimum absolute atomic E-state index is 0.0813. The van der Waals surface area contributed by atoms with Crippen LogP contribution in [0, 0.1) is 0 Å². The fourth-order valence-electron chi connectivity index (χ4n) is 1.75. The number of carbonyl (C=O) groups excluding carboxylic acids is 1. The van der Waals surface area contributed by atoms with Crippen LogP contribution in [0.3, 0.4) is 0 Å². The summed E-state index contributed by atoms with van der Waals surface area (Å²) in [5.41, 5.74) is 0. The van der Waals surface area contributed by atoms with Crippen molar-refractivity contribution in [3.8, 4) is 0 Å². The van der Waals surface area contributed by atoms with Crippen molar-refractivity contribution in [2.75, 3.05) is 18.9 Å². The summed E-state index contributed by atoms with van der Waals surface area (Å²) in [6.07, 6.45) is 5.83. The molecule has 1 saturated carbocycles. The average molecular weight is 263 g/mol. The Morgan fingerprint density at radius 1 is 1.50 bits per heavy atom. The number of nitrogens with one attached hydrogen (secondary N) is 1. The summed E-state index contributed by atoms with van der Waals surface area (Å²) in [5.74, 6) is 0. The molecule has 14 heavy (non-hydrogen) atoms. The van der Waals surface area contributed by atoms with Crippen LogP contribution in [0.25, 0.3) is 0 Å². The van der Waals surface area contributed by atoms with E-state index in [1.54, 1.807) is 4.90 Å². The van der Waals surface area contributed by atoms with Gasteiger partial charge in [-0.25, -0.2) is 4.79 Å². The molecule has 1 aliphatic carbocycles. The van der Waals surface area contributed by atoms with Gasteiger partial charge in [0.25, 0.3) is 0 Å². The Morgan fingerprint density at radius 3 is 2.71 bits per heavy atom. The molecule has 82 valence electrons. The first-order valence-corrected chi connectivity index (χ1v) is 6.44. The molecule has 0 spiro atoms. The minimum Gasteiger partial charge on any atom is -0.335 e. The molecule has 0 saturated heterocycles. The molecule has 3 nitrogen and oxygen atoms in total. The highest BCUT2D eigenvalue weighted by atomic mass is 79.9. The molecule has 0 aromatic heterocycles. The zero-order valence-electron chi connectivity index (χ0n) is 8.76. The van der Waals surface area contributed by atoms with Crippen LogP contribution in [0.5, 0.6) is 0 Å². The second-order valence-electron chi connectivity index (χ2n) is 3.89. The number of carbonyl (C=O) groups is 1. The number of amides is 2. The van der Waals surface area contributed by atoms with Crippen molar-refractivity contribution in [2.24, 2.45) is 0 Å². The van der Waals surface area contributed by atoms with Gasteiger partial charge < -0.3 is 10.2 Å². The number of nitrogens with zero attached hydrogens (tertiary/aromatic N) is 1. The van der Waals surface area contributed by atoms with Crippen LogP contribution in [0.15, 0.2) is 0 Å². The lowest BCUT2D eigenvalue weighted by atomic mass is 10.2. The fourth-order valence-corrected chi connectivity index (χ4v) is 2.00. The summed E-state index contributed by atoms with van der Waals surface area (Å²) in [6.45, 7) is 0.823. The van der Waals surface area contributed by atoms with Gasteiger partial charge in [0.1, 0.15) is 0 Å². The number of alkyl halides is 1. The third-order valence-corrected chi connectivity index (χ3v) is 3.22. The monoisotopic (exact) mass is 262 g/mol. The first-order chi connectivity index (χ1) is 6.74. The lowest BCUT2D eigenvalue weighted by Gasteiger charge is -2.20. The largest absolute Gasteiger partial charge is 0.335 e. The van der Waals surface area contributed by atoms with E-state index >= 15 is 0 Å². The van der Waals surface area contributed by atoms with E-state index in [-0.39, 0.29) is 6.03 Å². The molecular formula is C10H19BrN2O. The lowest BCUT2D eigenvalue weighted by molar-refractivity contribution is 0.205. The number of hydrogen-bond acceptors (Lipinski definition) is 1. The van der Waals surface area contributed by atoms with Crippen molar-refractivity contribution >= 4 is 22.0 Å². The van der Waals surface area contributed by atoms with Gasteiger partial charge >= 0.3 is 6.03 Å². The van der Waals surface area contributed by atoms with Crippen molar-refractivity contribution in [2.45, 2.75) is 38.1 Å². The van der Waals surface area contributed by atoms with Crippen LogP contribution in [0.1, 0.15) is 32.1 Å². The topological polar surface area (TPSA) is 32.3 Å². The van der Waals surface area contributed by atoms with Gasteiger partial charge in [-0.3, -0.25) is 0 Å². The van der Waals surface area contributed by atoms with Crippen molar-refractivity contribution < 1.29 is 4.79 Å². The van der Waals surface area contributed by atoms with Crippen molar-refractivity contribution in [3.05, 3.63) is 0 Å². The van der Waals surface area contributed by atoms with E-state index in [1.165, 1.54) is 12.8 Å². The van der Waals surface area contributed by atoms with Crippen LogP contribution < -0.4 is 5.32 Å². The van der Waals surface area contributed by atoms with Crippen LogP contribution in [0.4, 0.5) is 4.79 Å². The Labute approximate surface area is 94.4 Å². The van der Waals surface area contributed by atoms with E-state index in [9.17, 15) is 4.79 Å². The lowest BCUT2D eigenvalue weighted by Crippen LogP contribution is -2.42. The summed E-state index contributed by atoms with van der Waals surface area (Å²) in [4.78, 5) is 13.4. The summed E-state index contributed by atoms with van der Waals surface area (Å²) in [6, 6.07) is 0.506. The number of hydrogen-bond donors (Lipinski definition) is 1. The van der Waals surface area contributed by atoms with Crippen molar-refractivity contribution in [1.82, 2.24) is 10.2 Å². The van der Waals surface area contributed by atoms with Gasteiger partial charge in [-0.15, -0.1) is 0 Å². The molecule has 1 fully saturated rings. The minimum atomic E-state index is 0.0813. The zero-order chi connectivity index (χ0) is 10.4. The summed E-state index contributed by atoms with van der Waals surface area (Å²) in [5, 5.41) is 4.01. The third kappa shape index (κ3) is 3.86. The average Bonchev–Trinajstić information content (AvgIpc) is 2.66. The molecule has 0 bridgehead atoms. The van der Waals surface area contributed by atoms with Gasteiger partial charge in [-0.1, -0.05) is 28.8 Å². The van der Waals surface area contributed by atoms with Gasteiger partial charge in [0, 0.05) is 25.0 Å². The molecule has 2 amide bonds. The van der Waals surface area contributed by atoms with Crippen LogP contribution in [0.2, 0.25) is 0 Å². The van der Waals surface area contributed by atoms with E-state index in [4.69, 9.17) is 0 Å². The smallest absolute Gasteiger partial charge is 0.317 e. The van der Waals surface area contributed by atoms with Crippen LogP contribution >= 0.6 is 15.9 Å². The molecule has 1 rings (SSSR count).